The summed E-state index contributed by atoms with van der Waals surface area (Å²) in [4.78, 5) is 9.90. The minimum atomic E-state index is -2.89. The van der Waals surface area contributed by atoms with Gasteiger partial charge in [-0.25, -0.2) is 27.8 Å². The van der Waals surface area contributed by atoms with Crippen LogP contribution in [-0.4, -0.2) is 62.6 Å². The van der Waals surface area contributed by atoms with Crippen molar-refractivity contribution in [3.8, 4) is 5.75 Å². The Labute approximate surface area is 193 Å². The number of nitrogen functional groups attached to an aromatic ring is 1. The molecule has 0 amide bonds. The van der Waals surface area contributed by atoms with E-state index < -0.39 is 30.1 Å². The van der Waals surface area contributed by atoms with Gasteiger partial charge in [0.2, 0.25) is 0 Å². The minimum absolute atomic E-state index is 0.0282. The summed E-state index contributed by atoms with van der Waals surface area (Å²) in [5.41, 5.74) is 6.20. The number of alkyl halides is 2. The number of hydrogen-bond donors (Lipinski definition) is 2. The highest BCUT2D eigenvalue weighted by Crippen LogP contribution is 2.44. The number of benzene rings is 1. The van der Waals surface area contributed by atoms with E-state index in [4.69, 9.17) is 22.1 Å². The van der Waals surface area contributed by atoms with E-state index in [1.807, 2.05) is 4.90 Å². The van der Waals surface area contributed by atoms with Gasteiger partial charge in [0.1, 0.15) is 29.4 Å². The lowest BCUT2D eigenvalue weighted by Gasteiger charge is -2.41. The van der Waals surface area contributed by atoms with E-state index >= 15 is 4.39 Å². The maximum Gasteiger partial charge on any atom is 0.282 e. The average molecular weight is 485 g/mol. The number of aliphatic hydroxyl groups is 1. The smallest absolute Gasteiger partial charge is 0.282 e. The number of nitrogens with two attached hydrogens (primary N) is 1. The number of anilines is 1. The molecule has 1 aromatic carbocycles. The molecule has 1 aliphatic rings. The first-order valence-electron chi connectivity index (χ1n) is 10.4. The lowest BCUT2D eigenvalue weighted by molar-refractivity contribution is 0.0723. The summed E-state index contributed by atoms with van der Waals surface area (Å²) in [6, 6.07) is 0.728. The molecule has 3 aromatic rings. The van der Waals surface area contributed by atoms with Gasteiger partial charge < -0.3 is 15.6 Å². The normalized spacial score (nSPS) is 16.9. The summed E-state index contributed by atoms with van der Waals surface area (Å²) in [7, 11) is 1.42. The van der Waals surface area contributed by atoms with Crippen molar-refractivity contribution in [2.45, 2.75) is 38.3 Å². The van der Waals surface area contributed by atoms with E-state index in [9.17, 15) is 13.9 Å². The van der Waals surface area contributed by atoms with E-state index in [0.717, 1.165) is 0 Å². The Bertz CT molecular complexity index is 1180. The fourth-order valence-corrected chi connectivity index (χ4v) is 4.62. The number of methoxy groups -OCH3 is 1. The molecule has 1 saturated heterocycles. The third-order valence-corrected chi connectivity index (χ3v) is 6.17. The van der Waals surface area contributed by atoms with Crippen molar-refractivity contribution in [2.24, 2.45) is 0 Å². The largest absolute Gasteiger partial charge is 0.496 e. The molecule has 12 heteroatoms. The van der Waals surface area contributed by atoms with Crippen molar-refractivity contribution in [3.63, 3.8) is 0 Å². The van der Waals surface area contributed by atoms with E-state index in [1.54, 1.807) is 13.8 Å². The second-order valence-corrected chi connectivity index (χ2v) is 8.64. The lowest BCUT2D eigenvalue weighted by Crippen LogP contribution is -2.48. The van der Waals surface area contributed by atoms with Crippen LogP contribution < -0.4 is 10.5 Å². The minimum Gasteiger partial charge on any atom is -0.496 e. The molecule has 8 nitrogen and oxygen atoms in total. The summed E-state index contributed by atoms with van der Waals surface area (Å²) in [5.74, 6) is -0.620. The highest BCUT2D eigenvalue weighted by atomic mass is 35.5. The van der Waals surface area contributed by atoms with Gasteiger partial charge in [-0.1, -0.05) is 11.6 Å². The number of likely N-dealkylation sites (tertiary alicyclic amines) is 1. The van der Waals surface area contributed by atoms with Crippen molar-refractivity contribution in [2.75, 3.05) is 32.5 Å². The predicted octanol–water partition coefficient (Wildman–Crippen LogP) is 3.54. The van der Waals surface area contributed by atoms with Crippen LogP contribution in [0, 0.1) is 5.82 Å². The molecule has 0 aliphatic carbocycles. The van der Waals surface area contributed by atoms with Crippen molar-refractivity contribution in [1.82, 2.24) is 24.6 Å². The number of halogens is 4. The average Bonchev–Trinajstić information content (AvgIpc) is 3.13. The molecule has 1 fully saturated rings. The van der Waals surface area contributed by atoms with Gasteiger partial charge >= 0.3 is 0 Å². The second-order valence-electron chi connectivity index (χ2n) is 8.24. The molecular weight excluding hydrogens is 461 g/mol. The Kier molecular flexibility index (Phi) is 6.39. The van der Waals surface area contributed by atoms with Crippen molar-refractivity contribution < 1.29 is 23.0 Å². The third-order valence-electron chi connectivity index (χ3n) is 5.90. The van der Waals surface area contributed by atoms with Crippen LogP contribution >= 0.6 is 11.6 Å². The predicted molar refractivity (Wildman–Crippen MR) is 117 cm³/mol. The molecule has 0 spiro atoms. The van der Waals surface area contributed by atoms with Crippen molar-refractivity contribution in [1.29, 1.82) is 0 Å². The van der Waals surface area contributed by atoms with Crippen LogP contribution in [0.5, 0.6) is 5.75 Å². The quantitative estimate of drug-likeness (QED) is 0.528. The van der Waals surface area contributed by atoms with Gasteiger partial charge in [0.15, 0.2) is 5.65 Å². The second kappa shape index (κ2) is 8.96. The Morgan fingerprint density at radius 1 is 1.30 bits per heavy atom. The molecule has 1 aliphatic heterocycles. The summed E-state index contributed by atoms with van der Waals surface area (Å²) >= 11 is 6.24. The van der Waals surface area contributed by atoms with Gasteiger partial charge in [0.05, 0.1) is 29.7 Å². The van der Waals surface area contributed by atoms with Gasteiger partial charge in [-0.05, 0) is 19.9 Å². The Balaban J connectivity index is 1.81. The number of nitrogens with zero attached hydrogens (tertiary/aromatic N) is 5. The van der Waals surface area contributed by atoms with Gasteiger partial charge in [0, 0.05) is 36.7 Å². The first-order chi connectivity index (χ1) is 15.6. The Morgan fingerprint density at radius 2 is 2.00 bits per heavy atom. The Hall–Kier alpha value is -2.63. The summed E-state index contributed by atoms with van der Waals surface area (Å²) in [6.45, 7) is 4.91. The summed E-state index contributed by atoms with van der Waals surface area (Å²) in [6.07, 6.45) is -2.22. The van der Waals surface area contributed by atoms with Crippen LogP contribution in [0.2, 0.25) is 5.02 Å². The van der Waals surface area contributed by atoms with Crippen molar-refractivity contribution >= 4 is 28.5 Å². The number of hydrogen-bond acceptors (Lipinski definition) is 7. The monoisotopic (exact) mass is 484 g/mol. The number of rotatable bonds is 7. The maximum absolute atomic E-state index is 15.1. The molecule has 0 saturated carbocycles. The number of β-amino-alcohol motifs (C(OH)–C–C–N with tert-alkyl or cyclic N) is 1. The molecular formula is C21H24ClF3N6O2. The molecule has 4 rings (SSSR count). The number of fused-ring (bicyclic) bond motifs is 1. The summed E-state index contributed by atoms with van der Waals surface area (Å²) < 4.78 is 49.4. The molecule has 2 unspecified atom stereocenters. The van der Waals surface area contributed by atoms with Crippen LogP contribution in [0.3, 0.4) is 0 Å². The number of aliphatic hydroxyl groups excluding tert-OH is 1. The zero-order chi connectivity index (χ0) is 24.0. The zero-order valence-corrected chi connectivity index (χ0v) is 19.0. The van der Waals surface area contributed by atoms with Gasteiger partial charge in [-0.3, -0.25) is 4.90 Å². The highest BCUT2D eigenvalue weighted by molar-refractivity contribution is 6.31. The fourth-order valence-electron chi connectivity index (χ4n) is 4.40. The number of aromatic nitrogens is 4. The molecule has 33 heavy (non-hydrogen) atoms. The SMILES string of the molecule is COc1c(C(C)n2nc(C(F)F)c3c(N)ncnc32)cc(Cl)c(F)c1C1CN(CC(C)O)C1. The molecule has 2 atom stereocenters. The zero-order valence-electron chi connectivity index (χ0n) is 18.3. The van der Waals surface area contributed by atoms with E-state index in [-0.39, 0.29) is 33.5 Å². The lowest BCUT2D eigenvalue weighted by atomic mass is 9.87. The standard InChI is InChI=1S/C21H24ClF3N6O2/c1-9(32)5-30-6-11(7-30)14-16(23)13(22)4-12(18(14)33-3)10(2)31-21-15(17(29-31)19(24)25)20(26)27-8-28-21/h4,8-11,19,32H,5-7H2,1-3H3,(H2,26,27,28). The van der Waals surface area contributed by atoms with Crippen LogP contribution in [0.25, 0.3) is 11.0 Å². The van der Waals surface area contributed by atoms with Crippen LogP contribution in [0.1, 0.15) is 49.1 Å². The first-order valence-corrected chi connectivity index (χ1v) is 10.7. The first kappa shape index (κ1) is 23.5. The topological polar surface area (TPSA) is 102 Å². The summed E-state index contributed by atoms with van der Waals surface area (Å²) in [5, 5.41) is 13.5. The fraction of sp³-hybridized carbons (Fsp3) is 0.476. The third kappa shape index (κ3) is 4.09. The van der Waals surface area contributed by atoms with Crippen molar-refractivity contribution in [3.05, 3.63) is 40.1 Å². The van der Waals surface area contributed by atoms with Gasteiger partial charge in [-0.15, -0.1) is 0 Å². The number of ether oxygens (including phenoxy) is 1. The highest BCUT2D eigenvalue weighted by Gasteiger charge is 2.36. The Morgan fingerprint density at radius 3 is 2.61 bits per heavy atom. The molecule has 0 bridgehead atoms. The van der Waals surface area contributed by atoms with Crippen LogP contribution in [0.4, 0.5) is 19.0 Å². The molecule has 2 aromatic heterocycles. The molecule has 3 N–H and O–H groups in total. The van der Waals surface area contributed by atoms with Crippen LogP contribution in [-0.2, 0) is 0 Å². The molecule has 0 radical (unpaired) electrons. The van der Waals surface area contributed by atoms with E-state index in [1.165, 1.54) is 24.2 Å². The molecule has 3 heterocycles. The van der Waals surface area contributed by atoms with Gasteiger partial charge in [0.25, 0.3) is 6.43 Å². The molecule has 178 valence electrons. The van der Waals surface area contributed by atoms with Gasteiger partial charge in [-0.2, -0.15) is 5.10 Å². The van der Waals surface area contributed by atoms with Crippen LogP contribution in [0.15, 0.2) is 12.4 Å². The maximum atomic E-state index is 15.1. The van der Waals surface area contributed by atoms with E-state index in [0.29, 0.717) is 30.8 Å². The van der Waals surface area contributed by atoms with E-state index in [2.05, 4.69) is 15.1 Å².